The quantitative estimate of drug-likeness (QED) is 0.414. The van der Waals surface area contributed by atoms with Crippen LogP contribution in [0.4, 0.5) is 0 Å². The van der Waals surface area contributed by atoms with Crippen LogP contribution in [-0.4, -0.2) is 5.71 Å². The Bertz CT molecular complexity index is 306. The Hall–Kier alpha value is -1.27. The van der Waals surface area contributed by atoms with Gasteiger partial charge in [0.1, 0.15) is 6.26 Å². The van der Waals surface area contributed by atoms with Crippen LogP contribution in [0, 0.1) is 16.7 Å². The number of nitrogens with one attached hydrogen (secondary N) is 1. The summed E-state index contributed by atoms with van der Waals surface area (Å²) in [6.45, 7) is 13.4. The molecule has 0 saturated carbocycles. The number of hydrogen-bond acceptors (Lipinski definition) is 2. The summed E-state index contributed by atoms with van der Waals surface area (Å²) < 4.78 is 5.06. The fraction of sp³-hybridized carbons (Fsp3) is 0.538. The van der Waals surface area contributed by atoms with E-state index >= 15 is 0 Å². The first kappa shape index (κ1) is 13.7. The number of hydrogen-bond donors (Lipinski definition) is 1. The van der Waals surface area contributed by atoms with E-state index in [9.17, 15) is 0 Å². The number of rotatable bonds is 5. The predicted octanol–water partition coefficient (Wildman–Crippen LogP) is 3.91. The molecule has 0 saturated heterocycles. The van der Waals surface area contributed by atoms with Crippen LogP contribution >= 0.6 is 0 Å². The van der Waals surface area contributed by atoms with Crippen LogP contribution in [0.3, 0.4) is 0 Å². The molecule has 0 bridgehead atoms. The molecule has 0 aromatic rings. The van der Waals surface area contributed by atoms with Crippen molar-refractivity contribution in [3.63, 3.8) is 0 Å². The van der Waals surface area contributed by atoms with Gasteiger partial charge in [-0.1, -0.05) is 33.1 Å². The second-order valence-electron chi connectivity index (χ2n) is 4.47. The minimum atomic E-state index is -0.0826. The monoisotopic (exact) mass is 207 g/mol. The standard InChI is InChI=1S/C13H21NO/c1-10(2)15-9-7-8-13(5,6)11(3)12(4)14/h8-9,11,14H,1H2,2-6H3. The molecule has 15 heavy (non-hydrogen) atoms. The van der Waals surface area contributed by atoms with E-state index in [0.717, 1.165) is 0 Å². The van der Waals surface area contributed by atoms with Crippen molar-refractivity contribution in [2.75, 3.05) is 0 Å². The van der Waals surface area contributed by atoms with Gasteiger partial charge in [-0.3, -0.25) is 0 Å². The highest BCUT2D eigenvalue weighted by Crippen LogP contribution is 2.28. The number of ether oxygens (including phenoxy) is 1. The molecule has 0 aliphatic carbocycles. The minimum absolute atomic E-state index is 0.0826. The Labute approximate surface area is 92.8 Å². The van der Waals surface area contributed by atoms with Gasteiger partial charge in [0.25, 0.3) is 0 Å². The van der Waals surface area contributed by atoms with Crippen molar-refractivity contribution in [1.29, 1.82) is 5.41 Å². The lowest BCUT2D eigenvalue weighted by Gasteiger charge is -2.26. The third-order valence-corrected chi connectivity index (χ3v) is 2.55. The zero-order valence-electron chi connectivity index (χ0n) is 10.3. The lowest BCUT2D eigenvalue weighted by Crippen LogP contribution is -2.24. The topological polar surface area (TPSA) is 33.1 Å². The Morgan fingerprint density at radius 1 is 1.47 bits per heavy atom. The van der Waals surface area contributed by atoms with Crippen molar-refractivity contribution < 1.29 is 4.74 Å². The Kier molecular flexibility index (Phi) is 5.10. The Balaban J connectivity index is 4.55. The van der Waals surface area contributed by atoms with E-state index in [-0.39, 0.29) is 11.3 Å². The van der Waals surface area contributed by atoms with E-state index in [1.807, 2.05) is 19.9 Å². The van der Waals surface area contributed by atoms with Gasteiger partial charge in [-0.15, -0.1) is 0 Å². The minimum Gasteiger partial charge on any atom is -0.462 e. The van der Waals surface area contributed by atoms with Crippen LogP contribution in [0.15, 0.2) is 30.4 Å². The van der Waals surface area contributed by atoms with Gasteiger partial charge in [0.2, 0.25) is 0 Å². The predicted molar refractivity (Wildman–Crippen MR) is 64.9 cm³/mol. The van der Waals surface area contributed by atoms with Gasteiger partial charge in [-0.25, -0.2) is 0 Å². The maximum absolute atomic E-state index is 7.60. The molecule has 0 aliphatic heterocycles. The third-order valence-electron chi connectivity index (χ3n) is 2.55. The molecule has 0 aromatic heterocycles. The molecule has 0 aliphatic rings. The summed E-state index contributed by atoms with van der Waals surface area (Å²) in [5, 5.41) is 7.60. The molecule has 0 radical (unpaired) electrons. The normalized spacial score (nSPS) is 12.3. The summed E-state index contributed by atoms with van der Waals surface area (Å²) in [5.74, 6) is 0.841. The third kappa shape index (κ3) is 5.24. The maximum Gasteiger partial charge on any atom is 0.132 e. The van der Waals surface area contributed by atoms with Gasteiger partial charge < -0.3 is 10.1 Å². The summed E-state index contributed by atoms with van der Waals surface area (Å²) in [4.78, 5) is 0. The van der Waals surface area contributed by atoms with Crippen LogP contribution in [0.2, 0.25) is 0 Å². The fourth-order valence-electron chi connectivity index (χ4n) is 1.07. The Morgan fingerprint density at radius 3 is 2.40 bits per heavy atom. The van der Waals surface area contributed by atoms with E-state index in [4.69, 9.17) is 10.1 Å². The van der Waals surface area contributed by atoms with Crippen LogP contribution < -0.4 is 0 Å². The largest absolute Gasteiger partial charge is 0.462 e. The van der Waals surface area contributed by atoms with E-state index in [2.05, 4.69) is 26.2 Å². The van der Waals surface area contributed by atoms with E-state index in [1.54, 1.807) is 6.92 Å². The van der Waals surface area contributed by atoms with Crippen LogP contribution in [-0.2, 0) is 4.74 Å². The zero-order valence-corrected chi connectivity index (χ0v) is 10.3. The molecular formula is C13H21NO. The summed E-state index contributed by atoms with van der Waals surface area (Å²) in [6.07, 6.45) is 3.43. The maximum atomic E-state index is 7.60. The van der Waals surface area contributed by atoms with Crippen molar-refractivity contribution >= 4 is 5.71 Å². The highest BCUT2D eigenvalue weighted by Gasteiger charge is 2.24. The lowest BCUT2D eigenvalue weighted by atomic mass is 9.78. The summed E-state index contributed by atoms with van der Waals surface area (Å²) in [7, 11) is 0. The molecule has 0 heterocycles. The molecular weight excluding hydrogens is 186 g/mol. The van der Waals surface area contributed by atoms with Gasteiger partial charge in [0.15, 0.2) is 0 Å². The molecule has 1 N–H and O–H groups in total. The van der Waals surface area contributed by atoms with Crippen molar-refractivity contribution in [3.05, 3.63) is 30.4 Å². The Morgan fingerprint density at radius 2 is 2.00 bits per heavy atom. The highest BCUT2D eigenvalue weighted by molar-refractivity contribution is 5.81. The molecule has 2 heteroatoms. The molecule has 0 aromatic carbocycles. The highest BCUT2D eigenvalue weighted by atomic mass is 16.5. The smallest absolute Gasteiger partial charge is 0.132 e. The van der Waals surface area contributed by atoms with E-state index < -0.39 is 0 Å². The molecule has 1 unspecified atom stereocenters. The number of allylic oxidation sites excluding steroid dienone is 2. The lowest BCUT2D eigenvalue weighted by molar-refractivity contribution is 0.353. The molecule has 0 spiro atoms. The fourth-order valence-corrected chi connectivity index (χ4v) is 1.07. The summed E-state index contributed by atoms with van der Waals surface area (Å²) in [6, 6.07) is 0. The molecule has 1 atom stereocenters. The van der Waals surface area contributed by atoms with Crippen molar-refractivity contribution in [2.45, 2.75) is 34.6 Å². The molecule has 0 amide bonds. The zero-order chi connectivity index (χ0) is 12.1. The summed E-state index contributed by atoms with van der Waals surface area (Å²) >= 11 is 0. The second-order valence-corrected chi connectivity index (χ2v) is 4.47. The first-order chi connectivity index (χ1) is 6.77. The van der Waals surface area contributed by atoms with Gasteiger partial charge in [-0.05, 0) is 25.3 Å². The summed E-state index contributed by atoms with van der Waals surface area (Å²) in [5.41, 5.74) is 3.56. The SMILES string of the molecule is C=C(C)OC=C=CC(C)(C)C(C)C(C)=N. The van der Waals surface area contributed by atoms with Crippen molar-refractivity contribution in [2.24, 2.45) is 11.3 Å². The average molecular weight is 207 g/mol. The van der Waals surface area contributed by atoms with Crippen molar-refractivity contribution in [3.8, 4) is 0 Å². The van der Waals surface area contributed by atoms with E-state index in [0.29, 0.717) is 11.5 Å². The molecule has 0 rings (SSSR count). The second kappa shape index (κ2) is 5.57. The van der Waals surface area contributed by atoms with Crippen LogP contribution in [0.1, 0.15) is 34.6 Å². The van der Waals surface area contributed by atoms with Gasteiger partial charge in [-0.2, -0.15) is 0 Å². The van der Waals surface area contributed by atoms with Gasteiger partial charge in [0, 0.05) is 11.6 Å². The van der Waals surface area contributed by atoms with Crippen LogP contribution in [0.5, 0.6) is 0 Å². The van der Waals surface area contributed by atoms with Gasteiger partial charge >= 0.3 is 0 Å². The first-order valence-corrected chi connectivity index (χ1v) is 5.06. The molecule has 84 valence electrons. The van der Waals surface area contributed by atoms with Crippen molar-refractivity contribution in [1.82, 2.24) is 0 Å². The van der Waals surface area contributed by atoms with Gasteiger partial charge in [0.05, 0.1) is 5.76 Å². The molecule has 2 nitrogen and oxygen atoms in total. The van der Waals surface area contributed by atoms with E-state index in [1.165, 1.54) is 6.26 Å². The molecule has 0 fully saturated rings. The average Bonchev–Trinajstić information content (AvgIpc) is 2.10. The first-order valence-electron chi connectivity index (χ1n) is 5.06. The van der Waals surface area contributed by atoms with Crippen LogP contribution in [0.25, 0.3) is 0 Å².